The molecule has 0 spiro atoms. The van der Waals surface area contributed by atoms with Gasteiger partial charge in [-0.25, -0.2) is 4.79 Å². The largest absolute Gasteiger partial charge is 0.335 e. The minimum Gasteiger partial charge on any atom is -0.335 e. The van der Waals surface area contributed by atoms with Crippen LogP contribution in [-0.2, 0) is 6.54 Å². The summed E-state index contributed by atoms with van der Waals surface area (Å²) in [7, 11) is 0. The van der Waals surface area contributed by atoms with Crippen molar-refractivity contribution in [2.75, 3.05) is 19.6 Å². The van der Waals surface area contributed by atoms with Gasteiger partial charge < -0.3 is 10.2 Å². The number of rotatable bonds is 3. The average Bonchev–Trinajstić information content (AvgIpc) is 3.32. The van der Waals surface area contributed by atoms with Gasteiger partial charge in [0.05, 0.1) is 12.6 Å². The summed E-state index contributed by atoms with van der Waals surface area (Å²) in [5.74, 6) is 0. The Morgan fingerprint density at radius 1 is 1.29 bits per heavy atom. The highest BCUT2D eigenvalue weighted by atomic mass is 16.2. The van der Waals surface area contributed by atoms with Crippen LogP contribution in [0.15, 0.2) is 30.3 Å². The molecule has 21 heavy (non-hydrogen) atoms. The molecule has 1 aliphatic heterocycles. The standard InChI is InChI=1S/C16H20N4O/c17-10-15-12-20(16(21)18-14-6-7-14)9-8-19(15)11-13-4-2-1-3-5-13/h1-5,14-15H,6-9,11-12H2,(H,18,21). The second-order valence-electron chi connectivity index (χ2n) is 5.77. The van der Waals surface area contributed by atoms with E-state index in [2.05, 4.69) is 28.4 Å². The third-order valence-electron chi connectivity index (χ3n) is 4.06. The molecule has 1 saturated carbocycles. The van der Waals surface area contributed by atoms with E-state index in [9.17, 15) is 10.1 Å². The van der Waals surface area contributed by atoms with E-state index in [1.165, 1.54) is 5.56 Å². The number of hydrogen-bond acceptors (Lipinski definition) is 3. The van der Waals surface area contributed by atoms with Crippen LogP contribution in [0.5, 0.6) is 0 Å². The fourth-order valence-electron chi connectivity index (χ4n) is 2.63. The molecule has 1 aromatic rings. The summed E-state index contributed by atoms with van der Waals surface area (Å²) in [6.45, 7) is 2.67. The van der Waals surface area contributed by atoms with Crippen LogP contribution in [-0.4, -0.2) is 47.5 Å². The lowest BCUT2D eigenvalue weighted by molar-refractivity contribution is 0.108. The summed E-state index contributed by atoms with van der Waals surface area (Å²) in [4.78, 5) is 16.0. The molecule has 1 N–H and O–H groups in total. The topological polar surface area (TPSA) is 59.4 Å². The number of nitriles is 1. The van der Waals surface area contributed by atoms with E-state index in [0.717, 1.165) is 25.9 Å². The first-order chi connectivity index (χ1) is 10.3. The Morgan fingerprint density at radius 2 is 2.05 bits per heavy atom. The van der Waals surface area contributed by atoms with Crippen LogP contribution in [0, 0.1) is 11.3 Å². The van der Waals surface area contributed by atoms with E-state index in [-0.39, 0.29) is 12.1 Å². The number of nitrogens with one attached hydrogen (secondary N) is 1. The zero-order chi connectivity index (χ0) is 14.7. The lowest BCUT2D eigenvalue weighted by Gasteiger charge is -2.38. The summed E-state index contributed by atoms with van der Waals surface area (Å²) >= 11 is 0. The molecule has 3 rings (SSSR count). The van der Waals surface area contributed by atoms with Gasteiger partial charge in [0.15, 0.2) is 0 Å². The minimum absolute atomic E-state index is 0.0166. The Labute approximate surface area is 125 Å². The second-order valence-corrected chi connectivity index (χ2v) is 5.77. The number of hydrogen-bond donors (Lipinski definition) is 1. The molecular weight excluding hydrogens is 264 g/mol. The number of piperazine rings is 1. The summed E-state index contributed by atoms with van der Waals surface area (Å²) in [5, 5.41) is 12.4. The molecule has 110 valence electrons. The molecule has 5 heteroatoms. The molecule has 1 atom stereocenters. The molecule has 2 aliphatic rings. The number of amides is 2. The predicted octanol–water partition coefficient (Wildman–Crippen LogP) is 1.57. The van der Waals surface area contributed by atoms with Crippen molar-refractivity contribution in [3.05, 3.63) is 35.9 Å². The van der Waals surface area contributed by atoms with Crippen molar-refractivity contribution in [3.63, 3.8) is 0 Å². The van der Waals surface area contributed by atoms with Crippen LogP contribution in [0.3, 0.4) is 0 Å². The third kappa shape index (κ3) is 3.53. The molecule has 2 amide bonds. The number of benzene rings is 1. The zero-order valence-electron chi connectivity index (χ0n) is 12.0. The Morgan fingerprint density at radius 3 is 2.71 bits per heavy atom. The van der Waals surface area contributed by atoms with Gasteiger partial charge in [-0.2, -0.15) is 5.26 Å². The fourth-order valence-corrected chi connectivity index (χ4v) is 2.63. The highest BCUT2D eigenvalue weighted by Gasteiger charge is 2.32. The molecule has 1 saturated heterocycles. The molecule has 2 fully saturated rings. The van der Waals surface area contributed by atoms with Crippen molar-refractivity contribution in [3.8, 4) is 6.07 Å². The third-order valence-corrected chi connectivity index (χ3v) is 4.06. The van der Waals surface area contributed by atoms with Crippen molar-refractivity contribution < 1.29 is 4.79 Å². The van der Waals surface area contributed by atoms with Gasteiger partial charge in [0.1, 0.15) is 6.04 Å². The van der Waals surface area contributed by atoms with Crippen LogP contribution in [0.2, 0.25) is 0 Å². The number of carbonyl (C=O) groups excluding carboxylic acids is 1. The minimum atomic E-state index is -0.232. The smallest absolute Gasteiger partial charge is 0.317 e. The first-order valence-electron chi connectivity index (χ1n) is 7.49. The van der Waals surface area contributed by atoms with Crippen molar-refractivity contribution in [1.29, 1.82) is 5.26 Å². The van der Waals surface area contributed by atoms with Gasteiger partial charge in [0, 0.05) is 25.7 Å². The van der Waals surface area contributed by atoms with Gasteiger partial charge in [-0.1, -0.05) is 30.3 Å². The van der Waals surface area contributed by atoms with Gasteiger partial charge in [-0.05, 0) is 18.4 Å². The Bertz CT molecular complexity index is 535. The monoisotopic (exact) mass is 284 g/mol. The SMILES string of the molecule is N#CC1CN(C(=O)NC2CC2)CCN1Cc1ccccc1. The Hall–Kier alpha value is -2.06. The van der Waals surface area contributed by atoms with Crippen LogP contribution in [0.1, 0.15) is 18.4 Å². The highest BCUT2D eigenvalue weighted by Crippen LogP contribution is 2.20. The lowest BCUT2D eigenvalue weighted by Crippen LogP contribution is -2.56. The van der Waals surface area contributed by atoms with E-state index in [4.69, 9.17) is 0 Å². The number of nitrogens with zero attached hydrogens (tertiary/aromatic N) is 3. The maximum atomic E-state index is 12.1. The Kier molecular flexibility index (Phi) is 4.07. The van der Waals surface area contributed by atoms with E-state index in [1.54, 1.807) is 4.90 Å². The molecule has 0 radical (unpaired) electrons. The summed E-state index contributed by atoms with van der Waals surface area (Å²) < 4.78 is 0. The van der Waals surface area contributed by atoms with Crippen LogP contribution in [0.4, 0.5) is 4.79 Å². The lowest BCUT2D eigenvalue weighted by atomic mass is 10.1. The van der Waals surface area contributed by atoms with E-state index in [1.807, 2.05) is 18.2 Å². The van der Waals surface area contributed by atoms with Crippen molar-refractivity contribution in [1.82, 2.24) is 15.1 Å². The number of carbonyl (C=O) groups is 1. The fraction of sp³-hybridized carbons (Fsp3) is 0.500. The first kappa shape index (κ1) is 13.9. The zero-order valence-corrected chi connectivity index (χ0v) is 12.0. The van der Waals surface area contributed by atoms with Crippen LogP contribution >= 0.6 is 0 Å². The summed E-state index contributed by atoms with van der Waals surface area (Å²) in [6.07, 6.45) is 2.17. The number of urea groups is 1. The second kappa shape index (κ2) is 6.15. The summed E-state index contributed by atoms with van der Waals surface area (Å²) in [6, 6.07) is 12.6. The van der Waals surface area contributed by atoms with E-state index < -0.39 is 0 Å². The van der Waals surface area contributed by atoms with Crippen LogP contribution in [0.25, 0.3) is 0 Å². The molecule has 1 aliphatic carbocycles. The predicted molar refractivity (Wildman–Crippen MR) is 79.4 cm³/mol. The molecular formula is C16H20N4O. The highest BCUT2D eigenvalue weighted by molar-refractivity contribution is 5.75. The van der Waals surface area contributed by atoms with Gasteiger partial charge in [0.25, 0.3) is 0 Å². The van der Waals surface area contributed by atoms with E-state index in [0.29, 0.717) is 19.1 Å². The maximum Gasteiger partial charge on any atom is 0.317 e. The molecule has 0 bridgehead atoms. The van der Waals surface area contributed by atoms with Crippen molar-refractivity contribution in [2.45, 2.75) is 31.5 Å². The average molecular weight is 284 g/mol. The first-order valence-corrected chi connectivity index (χ1v) is 7.49. The van der Waals surface area contributed by atoms with Gasteiger partial charge in [-0.3, -0.25) is 4.90 Å². The van der Waals surface area contributed by atoms with E-state index >= 15 is 0 Å². The quantitative estimate of drug-likeness (QED) is 0.916. The maximum absolute atomic E-state index is 12.1. The summed E-state index contributed by atoms with van der Waals surface area (Å²) in [5.41, 5.74) is 1.20. The van der Waals surface area contributed by atoms with Crippen molar-refractivity contribution in [2.24, 2.45) is 0 Å². The molecule has 1 aromatic carbocycles. The van der Waals surface area contributed by atoms with Gasteiger partial charge >= 0.3 is 6.03 Å². The Balaban J connectivity index is 1.58. The molecule has 0 aromatic heterocycles. The van der Waals surface area contributed by atoms with Gasteiger partial charge in [0.2, 0.25) is 0 Å². The van der Waals surface area contributed by atoms with Crippen molar-refractivity contribution >= 4 is 6.03 Å². The molecule has 5 nitrogen and oxygen atoms in total. The van der Waals surface area contributed by atoms with Gasteiger partial charge in [-0.15, -0.1) is 0 Å². The normalized spacial score (nSPS) is 22.6. The molecule has 1 unspecified atom stereocenters. The van der Waals surface area contributed by atoms with Crippen LogP contribution < -0.4 is 5.32 Å². The molecule has 1 heterocycles.